The van der Waals surface area contributed by atoms with Crippen LogP contribution in [0.4, 0.5) is 4.79 Å². The SMILES string of the molecule is CCOC(=O)NC(=O)CN(C)CC1CCCCN1. The highest BCUT2D eigenvalue weighted by Gasteiger charge is 2.17. The van der Waals surface area contributed by atoms with Gasteiger partial charge in [0.2, 0.25) is 5.91 Å². The maximum Gasteiger partial charge on any atom is 0.413 e. The molecule has 1 fully saturated rings. The lowest BCUT2D eigenvalue weighted by atomic mass is 10.0. The minimum atomic E-state index is -0.674. The summed E-state index contributed by atoms with van der Waals surface area (Å²) in [5.74, 6) is -0.327. The monoisotopic (exact) mass is 257 g/mol. The van der Waals surface area contributed by atoms with Crippen molar-refractivity contribution in [1.82, 2.24) is 15.5 Å². The maximum absolute atomic E-state index is 11.5. The lowest BCUT2D eigenvalue weighted by Crippen LogP contribution is -2.46. The molecule has 1 aliphatic rings. The van der Waals surface area contributed by atoms with E-state index in [0.29, 0.717) is 6.04 Å². The lowest BCUT2D eigenvalue weighted by Gasteiger charge is -2.27. The summed E-state index contributed by atoms with van der Waals surface area (Å²) in [7, 11) is 1.88. The van der Waals surface area contributed by atoms with Gasteiger partial charge in [0.05, 0.1) is 13.2 Å². The molecule has 0 saturated carbocycles. The molecule has 1 rings (SSSR count). The van der Waals surface area contributed by atoms with Crippen LogP contribution < -0.4 is 10.6 Å². The minimum Gasteiger partial charge on any atom is -0.450 e. The highest BCUT2D eigenvalue weighted by molar-refractivity contribution is 5.92. The normalized spacial score (nSPS) is 19.6. The third-order valence-electron chi connectivity index (χ3n) is 2.87. The van der Waals surface area contributed by atoms with Crippen molar-refractivity contribution in [1.29, 1.82) is 0 Å². The lowest BCUT2D eigenvalue weighted by molar-refractivity contribution is -0.121. The van der Waals surface area contributed by atoms with Crippen LogP contribution in [0.1, 0.15) is 26.2 Å². The summed E-state index contributed by atoms with van der Waals surface area (Å²) in [6.07, 6.45) is 2.93. The smallest absolute Gasteiger partial charge is 0.413 e. The van der Waals surface area contributed by atoms with Crippen molar-refractivity contribution in [2.45, 2.75) is 32.2 Å². The minimum absolute atomic E-state index is 0.205. The average Bonchev–Trinajstić information content (AvgIpc) is 2.29. The zero-order valence-electron chi connectivity index (χ0n) is 11.2. The number of nitrogens with zero attached hydrogens (tertiary/aromatic N) is 1. The topological polar surface area (TPSA) is 70.7 Å². The van der Waals surface area contributed by atoms with Gasteiger partial charge in [-0.05, 0) is 33.4 Å². The van der Waals surface area contributed by atoms with Crippen LogP contribution in [-0.2, 0) is 9.53 Å². The average molecular weight is 257 g/mol. The Labute approximate surface area is 108 Å². The van der Waals surface area contributed by atoms with Gasteiger partial charge in [0.25, 0.3) is 0 Å². The van der Waals surface area contributed by atoms with Gasteiger partial charge in [0.1, 0.15) is 0 Å². The molecule has 2 amide bonds. The van der Waals surface area contributed by atoms with Crippen LogP contribution in [0.2, 0.25) is 0 Å². The molecule has 2 N–H and O–H groups in total. The Balaban J connectivity index is 2.19. The van der Waals surface area contributed by atoms with Crippen molar-refractivity contribution < 1.29 is 14.3 Å². The number of likely N-dealkylation sites (N-methyl/N-ethyl adjacent to an activating group) is 1. The van der Waals surface area contributed by atoms with Gasteiger partial charge in [-0.25, -0.2) is 4.79 Å². The second-order valence-electron chi connectivity index (χ2n) is 4.61. The molecule has 104 valence electrons. The molecule has 0 aromatic heterocycles. The van der Waals surface area contributed by atoms with Gasteiger partial charge in [-0.2, -0.15) is 0 Å². The van der Waals surface area contributed by atoms with E-state index in [1.54, 1.807) is 6.92 Å². The highest BCUT2D eigenvalue weighted by Crippen LogP contribution is 2.07. The van der Waals surface area contributed by atoms with Gasteiger partial charge in [-0.3, -0.25) is 15.0 Å². The number of alkyl carbamates (subject to hydrolysis) is 1. The fraction of sp³-hybridized carbons (Fsp3) is 0.833. The van der Waals surface area contributed by atoms with E-state index in [4.69, 9.17) is 0 Å². The van der Waals surface area contributed by atoms with Crippen LogP contribution in [0, 0.1) is 0 Å². The van der Waals surface area contributed by atoms with Gasteiger partial charge >= 0.3 is 6.09 Å². The fourth-order valence-corrected chi connectivity index (χ4v) is 2.09. The van der Waals surface area contributed by atoms with E-state index >= 15 is 0 Å². The van der Waals surface area contributed by atoms with E-state index < -0.39 is 6.09 Å². The Morgan fingerprint density at radius 1 is 1.44 bits per heavy atom. The Hall–Kier alpha value is -1.14. The summed E-state index contributed by atoms with van der Waals surface area (Å²) in [4.78, 5) is 24.5. The number of hydrogen-bond acceptors (Lipinski definition) is 5. The quantitative estimate of drug-likeness (QED) is 0.743. The number of imide groups is 1. The van der Waals surface area contributed by atoms with E-state index in [0.717, 1.165) is 19.5 Å². The van der Waals surface area contributed by atoms with Crippen LogP contribution in [-0.4, -0.2) is 56.2 Å². The molecule has 0 aromatic rings. The Kier molecular flexibility index (Phi) is 6.67. The summed E-state index contributed by atoms with van der Waals surface area (Å²) in [5.41, 5.74) is 0. The van der Waals surface area contributed by atoms with Gasteiger partial charge < -0.3 is 10.1 Å². The van der Waals surface area contributed by atoms with Gasteiger partial charge in [0.15, 0.2) is 0 Å². The second-order valence-corrected chi connectivity index (χ2v) is 4.61. The molecule has 1 atom stereocenters. The van der Waals surface area contributed by atoms with Crippen LogP contribution in [0.15, 0.2) is 0 Å². The Morgan fingerprint density at radius 2 is 2.22 bits per heavy atom. The molecule has 18 heavy (non-hydrogen) atoms. The zero-order chi connectivity index (χ0) is 13.4. The third-order valence-corrected chi connectivity index (χ3v) is 2.87. The van der Waals surface area contributed by atoms with E-state index in [-0.39, 0.29) is 19.1 Å². The van der Waals surface area contributed by atoms with E-state index in [1.807, 2.05) is 11.9 Å². The first-order chi connectivity index (χ1) is 8.61. The molecular weight excluding hydrogens is 234 g/mol. The van der Waals surface area contributed by atoms with E-state index in [9.17, 15) is 9.59 Å². The summed E-state index contributed by atoms with van der Waals surface area (Å²) in [6, 6.07) is 0.444. The number of hydrogen-bond donors (Lipinski definition) is 2. The number of carbonyl (C=O) groups excluding carboxylic acids is 2. The largest absolute Gasteiger partial charge is 0.450 e. The molecular formula is C12H23N3O3. The molecule has 6 heteroatoms. The molecule has 0 aromatic carbocycles. The first-order valence-corrected chi connectivity index (χ1v) is 6.50. The fourth-order valence-electron chi connectivity index (χ4n) is 2.09. The summed E-state index contributed by atoms with van der Waals surface area (Å²) < 4.78 is 4.64. The van der Waals surface area contributed by atoms with Crippen molar-refractivity contribution in [3.63, 3.8) is 0 Å². The molecule has 0 spiro atoms. The summed E-state index contributed by atoms with van der Waals surface area (Å²) in [5, 5.41) is 5.61. The number of ether oxygens (including phenoxy) is 1. The molecule has 1 heterocycles. The van der Waals surface area contributed by atoms with Gasteiger partial charge in [0, 0.05) is 12.6 Å². The van der Waals surface area contributed by atoms with Gasteiger partial charge in [-0.15, -0.1) is 0 Å². The summed E-state index contributed by atoms with van der Waals surface area (Å²) in [6.45, 7) is 4.03. The van der Waals surface area contributed by atoms with Crippen LogP contribution >= 0.6 is 0 Å². The first-order valence-electron chi connectivity index (χ1n) is 6.50. The maximum atomic E-state index is 11.5. The Bertz CT molecular complexity index is 278. The number of carbonyl (C=O) groups is 2. The van der Waals surface area contributed by atoms with Crippen molar-refractivity contribution in [3.05, 3.63) is 0 Å². The number of rotatable bonds is 5. The third kappa shape index (κ3) is 5.97. The molecule has 0 aliphatic carbocycles. The van der Waals surface area contributed by atoms with Crippen LogP contribution in [0.3, 0.4) is 0 Å². The van der Waals surface area contributed by atoms with Crippen LogP contribution in [0.5, 0.6) is 0 Å². The molecule has 0 bridgehead atoms. The van der Waals surface area contributed by atoms with Crippen molar-refractivity contribution in [3.8, 4) is 0 Å². The van der Waals surface area contributed by atoms with Crippen molar-refractivity contribution in [2.75, 3.05) is 33.3 Å². The van der Waals surface area contributed by atoms with Crippen LogP contribution in [0.25, 0.3) is 0 Å². The van der Waals surface area contributed by atoms with Gasteiger partial charge in [-0.1, -0.05) is 6.42 Å². The van der Waals surface area contributed by atoms with E-state index in [2.05, 4.69) is 15.4 Å². The molecule has 1 unspecified atom stereocenters. The second kappa shape index (κ2) is 8.05. The highest BCUT2D eigenvalue weighted by atomic mass is 16.5. The first kappa shape index (κ1) is 14.9. The molecule has 6 nitrogen and oxygen atoms in total. The molecule has 0 radical (unpaired) electrons. The zero-order valence-corrected chi connectivity index (χ0v) is 11.2. The number of piperidine rings is 1. The summed E-state index contributed by atoms with van der Waals surface area (Å²) >= 11 is 0. The molecule has 1 aliphatic heterocycles. The number of amides is 2. The van der Waals surface area contributed by atoms with Crippen molar-refractivity contribution in [2.24, 2.45) is 0 Å². The number of nitrogens with one attached hydrogen (secondary N) is 2. The predicted molar refractivity (Wildman–Crippen MR) is 68.3 cm³/mol. The molecule has 1 saturated heterocycles. The standard InChI is InChI=1S/C12H23N3O3/c1-3-18-12(17)14-11(16)9-15(2)8-10-6-4-5-7-13-10/h10,13H,3-9H2,1-2H3,(H,14,16,17). The predicted octanol–water partition coefficient (Wildman–Crippen LogP) is 0.333. The van der Waals surface area contributed by atoms with E-state index in [1.165, 1.54) is 12.8 Å². The van der Waals surface area contributed by atoms with Crippen molar-refractivity contribution >= 4 is 12.0 Å². The Morgan fingerprint density at radius 3 is 2.83 bits per heavy atom.